The van der Waals surface area contributed by atoms with Crippen molar-refractivity contribution >= 4 is 22.6 Å². The normalized spacial score (nSPS) is 11.3. The lowest BCUT2D eigenvalue weighted by Crippen LogP contribution is -1.92. The zero-order chi connectivity index (χ0) is 14.4. The maximum atomic E-state index is 11.0. The van der Waals surface area contributed by atoms with Gasteiger partial charge in [-0.05, 0) is 23.6 Å². The van der Waals surface area contributed by atoms with Crippen molar-refractivity contribution in [2.45, 2.75) is 12.7 Å². The van der Waals surface area contributed by atoms with Crippen molar-refractivity contribution in [1.29, 1.82) is 0 Å². The molecule has 2 nitrogen and oxygen atoms in total. The summed E-state index contributed by atoms with van der Waals surface area (Å²) in [6.07, 6.45) is 1.28. The molecule has 0 saturated heterocycles. The SMILES string of the molecule is Cc1ccccc1CS/C(=C\C(=O)O)c1ccccc1. The Morgan fingerprint density at radius 1 is 1.10 bits per heavy atom. The van der Waals surface area contributed by atoms with Crippen LogP contribution in [0.1, 0.15) is 16.7 Å². The number of hydrogen-bond donors (Lipinski definition) is 1. The van der Waals surface area contributed by atoms with Gasteiger partial charge in [-0.25, -0.2) is 4.79 Å². The molecule has 20 heavy (non-hydrogen) atoms. The van der Waals surface area contributed by atoms with E-state index in [9.17, 15) is 4.79 Å². The van der Waals surface area contributed by atoms with Crippen LogP contribution in [0.25, 0.3) is 4.91 Å². The summed E-state index contributed by atoms with van der Waals surface area (Å²) in [5.74, 6) is -0.151. The van der Waals surface area contributed by atoms with Gasteiger partial charge in [-0.1, -0.05) is 54.6 Å². The van der Waals surface area contributed by atoms with Crippen LogP contribution in [0.5, 0.6) is 0 Å². The first-order valence-corrected chi connectivity index (χ1v) is 7.33. The van der Waals surface area contributed by atoms with Crippen LogP contribution in [0, 0.1) is 6.92 Å². The molecule has 0 aliphatic rings. The highest BCUT2D eigenvalue weighted by Gasteiger charge is 2.06. The quantitative estimate of drug-likeness (QED) is 0.829. The van der Waals surface area contributed by atoms with Crippen LogP contribution >= 0.6 is 11.8 Å². The molecule has 0 saturated carbocycles. The third-order valence-electron chi connectivity index (χ3n) is 2.96. The number of thioether (sulfide) groups is 1. The molecule has 0 amide bonds. The van der Waals surface area contributed by atoms with E-state index < -0.39 is 5.97 Å². The van der Waals surface area contributed by atoms with Gasteiger partial charge in [0, 0.05) is 16.7 Å². The van der Waals surface area contributed by atoms with Crippen LogP contribution < -0.4 is 0 Å². The maximum absolute atomic E-state index is 11.0. The molecule has 0 radical (unpaired) electrons. The number of carbonyl (C=O) groups is 1. The number of rotatable bonds is 5. The fourth-order valence-electron chi connectivity index (χ4n) is 1.85. The van der Waals surface area contributed by atoms with Gasteiger partial charge in [-0.2, -0.15) is 0 Å². The van der Waals surface area contributed by atoms with E-state index in [1.807, 2.05) is 42.5 Å². The van der Waals surface area contributed by atoms with E-state index in [1.54, 1.807) is 11.8 Å². The Balaban J connectivity index is 2.18. The van der Waals surface area contributed by atoms with E-state index in [0.717, 1.165) is 16.2 Å². The van der Waals surface area contributed by atoms with Gasteiger partial charge in [0.1, 0.15) is 0 Å². The van der Waals surface area contributed by atoms with Gasteiger partial charge in [-0.3, -0.25) is 0 Å². The number of aliphatic carboxylic acids is 1. The number of hydrogen-bond acceptors (Lipinski definition) is 2. The third kappa shape index (κ3) is 4.00. The van der Waals surface area contributed by atoms with Crippen LogP contribution in [0.2, 0.25) is 0 Å². The molecular weight excluding hydrogens is 268 g/mol. The number of aryl methyl sites for hydroxylation is 1. The molecule has 0 fully saturated rings. The molecule has 0 atom stereocenters. The zero-order valence-corrected chi connectivity index (χ0v) is 12.1. The first-order valence-electron chi connectivity index (χ1n) is 6.34. The predicted molar refractivity (Wildman–Crippen MR) is 84.5 cm³/mol. The number of benzene rings is 2. The first-order chi connectivity index (χ1) is 9.66. The highest BCUT2D eigenvalue weighted by Crippen LogP contribution is 2.31. The monoisotopic (exact) mass is 284 g/mol. The Labute approximate surface area is 123 Å². The molecule has 0 spiro atoms. The van der Waals surface area contributed by atoms with Crippen molar-refractivity contribution in [3.63, 3.8) is 0 Å². The minimum atomic E-state index is -0.916. The standard InChI is InChI=1S/C17H16O2S/c1-13-7-5-6-10-15(13)12-20-16(11-17(18)19)14-8-3-2-4-9-14/h2-11H,12H2,1H3,(H,18,19)/b16-11-. The van der Waals surface area contributed by atoms with Crippen LogP contribution in [0.4, 0.5) is 0 Å². The minimum Gasteiger partial charge on any atom is -0.478 e. The third-order valence-corrected chi connectivity index (χ3v) is 4.08. The summed E-state index contributed by atoms with van der Waals surface area (Å²) in [6.45, 7) is 2.07. The van der Waals surface area contributed by atoms with Crippen LogP contribution in [-0.4, -0.2) is 11.1 Å². The highest BCUT2D eigenvalue weighted by molar-refractivity contribution is 8.07. The van der Waals surface area contributed by atoms with E-state index in [0.29, 0.717) is 0 Å². The molecule has 102 valence electrons. The fourth-order valence-corrected chi connectivity index (χ4v) is 2.97. The smallest absolute Gasteiger partial charge is 0.329 e. The molecule has 2 aromatic rings. The molecule has 0 bridgehead atoms. The molecule has 3 heteroatoms. The molecule has 0 aliphatic heterocycles. The van der Waals surface area contributed by atoms with Crippen molar-refractivity contribution in [3.8, 4) is 0 Å². The van der Waals surface area contributed by atoms with Gasteiger partial charge in [0.05, 0.1) is 0 Å². The molecule has 2 rings (SSSR count). The Morgan fingerprint density at radius 2 is 1.75 bits per heavy atom. The Bertz CT molecular complexity index is 618. The molecule has 1 N–H and O–H groups in total. The first kappa shape index (κ1) is 14.4. The second-order valence-corrected chi connectivity index (χ2v) is 5.45. The Kier molecular flexibility index (Phi) is 5.02. The second kappa shape index (κ2) is 6.96. The number of carboxylic acid groups (broad SMARTS) is 1. The predicted octanol–water partition coefficient (Wildman–Crippen LogP) is 4.35. The summed E-state index contributed by atoms with van der Waals surface area (Å²) in [7, 11) is 0. The van der Waals surface area contributed by atoms with Crippen molar-refractivity contribution in [2.24, 2.45) is 0 Å². The lowest BCUT2D eigenvalue weighted by Gasteiger charge is -2.09. The summed E-state index contributed by atoms with van der Waals surface area (Å²) < 4.78 is 0. The summed E-state index contributed by atoms with van der Waals surface area (Å²) in [4.78, 5) is 11.8. The van der Waals surface area contributed by atoms with Crippen molar-refractivity contribution < 1.29 is 9.90 Å². The maximum Gasteiger partial charge on any atom is 0.329 e. The van der Waals surface area contributed by atoms with E-state index in [1.165, 1.54) is 17.2 Å². The topological polar surface area (TPSA) is 37.3 Å². The second-order valence-electron chi connectivity index (χ2n) is 4.43. The summed E-state index contributed by atoms with van der Waals surface area (Å²) in [6, 6.07) is 17.8. The molecule has 0 unspecified atom stereocenters. The minimum absolute atomic E-state index is 0.765. The van der Waals surface area contributed by atoms with Gasteiger partial charge in [0.2, 0.25) is 0 Å². The number of carboxylic acids is 1. The summed E-state index contributed by atoms with van der Waals surface area (Å²) >= 11 is 1.55. The molecule has 0 aliphatic carbocycles. The summed E-state index contributed by atoms with van der Waals surface area (Å²) in [5.41, 5.74) is 3.39. The summed E-state index contributed by atoms with van der Waals surface area (Å²) in [5, 5.41) is 9.01. The van der Waals surface area contributed by atoms with Crippen LogP contribution in [0.3, 0.4) is 0 Å². The lowest BCUT2D eigenvalue weighted by molar-refractivity contribution is -0.131. The van der Waals surface area contributed by atoms with Crippen LogP contribution in [-0.2, 0) is 10.5 Å². The Morgan fingerprint density at radius 3 is 2.40 bits per heavy atom. The van der Waals surface area contributed by atoms with E-state index >= 15 is 0 Å². The lowest BCUT2D eigenvalue weighted by atomic mass is 10.1. The van der Waals surface area contributed by atoms with E-state index in [2.05, 4.69) is 19.1 Å². The van der Waals surface area contributed by atoms with E-state index in [4.69, 9.17) is 5.11 Å². The molecule has 0 heterocycles. The zero-order valence-electron chi connectivity index (χ0n) is 11.2. The molecule has 0 aromatic heterocycles. The van der Waals surface area contributed by atoms with Gasteiger partial charge in [0.15, 0.2) is 0 Å². The van der Waals surface area contributed by atoms with Crippen LogP contribution in [0.15, 0.2) is 60.7 Å². The van der Waals surface area contributed by atoms with Gasteiger partial charge < -0.3 is 5.11 Å². The average Bonchev–Trinajstić information content (AvgIpc) is 2.45. The van der Waals surface area contributed by atoms with E-state index in [-0.39, 0.29) is 0 Å². The Hall–Kier alpha value is -2.00. The van der Waals surface area contributed by atoms with Crippen molar-refractivity contribution in [1.82, 2.24) is 0 Å². The van der Waals surface area contributed by atoms with Gasteiger partial charge >= 0.3 is 5.97 Å². The van der Waals surface area contributed by atoms with Crippen molar-refractivity contribution in [3.05, 3.63) is 77.4 Å². The molecule has 2 aromatic carbocycles. The fraction of sp³-hybridized carbons (Fsp3) is 0.118. The highest BCUT2D eigenvalue weighted by atomic mass is 32.2. The van der Waals surface area contributed by atoms with Gasteiger partial charge in [-0.15, -0.1) is 11.8 Å². The largest absolute Gasteiger partial charge is 0.478 e. The average molecular weight is 284 g/mol. The van der Waals surface area contributed by atoms with Crippen molar-refractivity contribution in [2.75, 3.05) is 0 Å². The molecular formula is C17H16O2S. The van der Waals surface area contributed by atoms with Gasteiger partial charge in [0.25, 0.3) is 0 Å².